The van der Waals surface area contributed by atoms with E-state index in [1.54, 1.807) is 25.4 Å². The van der Waals surface area contributed by atoms with Crippen LogP contribution >= 0.6 is 11.6 Å². The number of fused-ring (bicyclic) bond motifs is 1. The summed E-state index contributed by atoms with van der Waals surface area (Å²) >= 11 is 5.81. The first kappa shape index (κ1) is 22.8. The van der Waals surface area contributed by atoms with Gasteiger partial charge in [0.1, 0.15) is 11.2 Å². The Hall–Kier alpha value is -2.93. The fraction of sp³-hybridized carbons (Fsp3) is 0.458. The summed E-state index contributed by atoms with van der Waals surface area (Å²) in [4.78, 5) is 17.9. The lowest BCUT2D eigenvalue weighted by Crippen LogP contribution is -2.57. The van der Waals surface area contributed by atoms with Crippen LogP contribution in [0, 0.1) is 17.1 Å². The standard InChI is InChI=1S/C24H26ClFN6O2/c1-34-17-13-31(14-17)16-4-7-24(8-5-16,9-10-27)32-20-6-11-28-23(33)21(20)22(30-32)29-15-2-3-18(25)19(26)12-15/h2-3,6,11-12,16-17H,4-5,7-9,13-14H2,1H3,(H,28,33)(H,29,30)/t16-,24-. The van der Waals surface area contributed by atoms with E-state index in [2.05, 4.69) is 21.3 Å². The zero-order chi connectivity index (χ0) is 23.9. The van der Waals surface area contributed by atoms with Crippen molar-refractivity contribution in [2.45, 2.75) is 49.8 Å². The third kappa shape index (κ3) is 3.96. The summed E-state index contributed by atoms with van der Waals surface area (Å²) in [5.74, 6) is -0.242. The molecular weight excluding hydrogens is 459 g/mol. The van der Waals surface area contributed by atoms with Crippen molar-refractivity contribution in [2.24, 2.45) is 0 Å². The van der Waals surface area contributed by atoms with Crippen LogP contribution in [0.2, 0.25) is 5.02 Å². The maximum atomic E-state index is 14.0. The molecule has 8 nitrogen and oxygen atoms in total. The van der Waals surface area contributed by atoms with Gasteiger partial charge in [0.15, 0.2) is 5.82 Å². The zero-order valence-corrected chi connectivity index (χ0v) is 19.6. The molecule has 1 aliphatic heterocycles. The molecule has 2 aromatic heterocycles. The second-order valence-corrected chi connectivity index (χ2v) is 9.59. The third-order valence-electron chi connectivity index (χ3n) is 7.26. The summed E-state index contributed by atoms with van der Waals surface area (Å²) in [5.41, 5.74) is 0.263. The van der Waals surface area contributed by atoms with E-state index in [0.29, 0.717) is 41.0 Å². The van der Waals surface area contributed by atoms with Gasteiger partial charge in [0.2, 0.25) is 0 Å². The number of rotatable bonds is 6. The number of halogens is 2. The van der Waals surface area contributed by atoms with Crippen LogP contribution in [0.3, 0.4) is 0 Å². The van der Waals surface area contributed by atoms with Gasteiger partial charge in [-0.15, -0.1) is 0 Å². The molecule has 5 rings (SSSR count). The summed E-state index contributed by atoms with van der Waals surface area (Å²) in [7, 11) is 1.75. The van der Waals surface area contributed by atoms with Gasteiger partial charge in [0.05, 0.1) is 34.7 Å². The molecule has 1 aliphatic carbocycles. The molecular formula is C24H26ClFN6O2. The summed E-state index contributed by atoms with van der Waals surface area (Å²) in [6, 6.07) is 8.96. The predicted molar refractivity (Wildman–Crippen MR) is 128 cm³/mol. The number of aromatic nitrogens is 3. The van der Waals surface area contributed by atoms with Crippen LogP contribution in [-0.4, -0.2) is 52.0 Å². The molecule has 2 fully saturated rings. The molecule has 3 heterocycles. The van der Waals surface area contributed by atoms with Gasteiger partial charge in [0.25, 0.3) is 5.56 Å². The summed E-state index contributed by atoms with van der Waals surface area (Å²) in [6.45, 7) is 1.89. The van der Waals surface area contributed by atoms with Gasteiger partial charge < -0.3 is 15.0 Å². The van der Waals surface area contributed by atoms with Crippen LogP contribution in [0.4, 0.5) is 15.9 Å². The Morgan fingerprint density at radius 1 is 1.35 bits per heavy atom. The van der Waals surface area contributed by atoms with E-state index in [1.165, 1.54) is 12.1 Å². The van der Waals surface area contributed by atoms with Crippen molar-refractivity contribution < 1.29 is 9.13 Å². The number of nitrogens with zero attached hydrogens (tertiary/aromatic N) is 4. The number of methoxy groups -OCH3 is 1. The number of benzene rings is 1. The van der Waals surface area contributed by atoms with E-state index >= 15 is 0 Å². The van der Waals surface area contributed by atoms with Crippen molar-refractivity contribution in [2.75, 3.05) is 25.5 Å². The molecule has 10 heteroatoms. The van der Waals surface area contributed by atoms with Gasteiger partial charge in [-0.3, -0.25) is 14.4 Å². The molecule has 34 heavy (non-hydrogen) atoms. The molecule has 0 amide bonds. The van der Waals surface area contributed by atoms with Crippen molar-refractivity contribution in [1.82, 2.24) is 19.7 Å². The first-order chi connectivity index (χ1) is 16.4. The van der Waals surface area contributed by atoms with Crippen LogP contribution in [0.15, 0.2) is 35.3 Å². The smallest absolute Gasteiger partial charge is 0.261 e. The summed E-state index contributed by atoms with van der Waals surface area (Å²) < 4.78 is 21.3. The largest absolute Gasteiger partial charge is 0.379 e. The number of H-pyrrole nitrogens is 1. The molecule has 0 atom stereocenters. The monoisotopic (exact) mass is 484 g/mol. The summed E-state index contributed by atoms with van der Waals surface area (Å²) in [5, 5.41) is 18.0. The summed E-state index contributed by atoms with van der Waals surface area (Å²) in [6.07, 6.45) is 5.61. The SMILES string of the molecule is COC1CN([C@H]2CC[C@](CC#N)(n3nc(Nc4ccc(Cl)c(F)c4)c4c(=O)[nH]ccc43)CC2)C1. The van der Waals surface area contributed by atoms with E-state index < -0.39 is 11.4 Å². The number of hydrogen-bond donors (Lipinski definition) is 2. The number of hydrogen-bond acceptors (Lipinski definition) is 6. The van der Waals surface area contributed by atoms with Crippen LogP contribution in [-0.2, 0) is 10.3 Å². The number of aromatic amines is 1. The fourth-order valence-electron chi connectivity index (χ4n) is 5.27. The van der Waals surface area contributed by atoms with Crippen LogP contribution in [0.1, 0.15) is 32.1 Å². The number of pyridine rings is 1. The van der Waals surface area contributed by atoms with E-state index in [1.807, 2.05) is 4.68 Å². The molecule has 2 N–H and O–H groups in total. The van der Waals surface area contributed by atoms with E-state index in [4.69, 9.17) is 21.4 Å². The number of anilines is 2. The maximum absolute atomic E-state index is 14.0. The van der Waals surface area contributed by atoms with Gasteiger partial charge in [-0.05, 0) is 49.9 Å². The average Bonchev–Trinajstić information content (AvgIpc) is 3.17. The van der Waals surface area contributed by atoms with Gasteiger partial charge in [0, 0.05) is 38.1 Å². The van der Waals surface area contributed by atoms with Gasteiger partial charge in [-0.25, -0.2) is 4.39 Å². The number of likely N-dealkylation sites (tertiary alicyclic amines) is 1. The molecule has 3 aromatic rings. The second-order valence-electron chi connectivity index (χ2n) is 9.18. The molecule has 1 aromatic carbocycles. The number of ether oxygens (including phenoxy) is 1. The molecule has 1 saturated heterocycles. The number of nitriles is 1. The molecule has 2 aliphatic rings. The highest BCUT2D eigenvalue weighted by Crippen LogP contribution is 2.42. The first-order valence-electron chi connectivity index (χ1n) is 11.4. The van der Waals surface area contributed by atoms with E-state index in [9.17, 15) is 14.4 Å². The lowest BCUT2D eigenvalue weighted by atomic mass is 9.76. The van der Waals surface area contributed by atoms with Crippen molar-refractivity contribution in [3.05, 3.63) is 51.7 Å². The van der Waals surface area contributed by atoms with Crippen molar-refractivity contribution in [1.29, 1.82) is 5.26 Å². The van der Waals surface area contributed by atoms with Crippen molar-refractivity contribution in [3.8, 4) is 6.07 Å². The fourth-order valence-corrected chi connectivity index (χ4v) is 5.39. The Morgan fingerprint density at radius 3 is 2.79 bits per heavy atom. The zero-order valence-electron chi connectivity index (χ0n) is 18.9. The minimum Gasteiger partial charge on any atom is -0.379 e. The van der Waals surface area contributed by atoms with Crippen LogP contribution in [0.5, 0.6) is 0 Å². The molecule has 0 radical (unpaired) electrons. The topological polar surface area (TPSA) is 99.0 Å². The lowest BCUT2D eigenvalue weighted by Gasteiger charge is -2.48. The Kier molecular flexibility index (Phi) is 6.06. The van der Waals surface area contributed by atoms with Crippen molar-refractivity contribution >= 4 is 34.0 Å². The van der Waals surface area contributed by atoms with Gasteiger partial charge >= 0.3 is 0 Å². The van der Waals surface area contributed by atoms with E-state index in [0.717, 1.165) is 38.8 Å². The minimum atomic E-state index is -0.565. The van der Waals surface area contributed by atoms with E-state index in [-0.39, 0.29) is 10.6 Å². The molecule has 178 valence electrons. The Morgan fingerprint density at radius 2 is 2.12 bits per heavy atom. The van der Waals surface area contributed by atoms with Gasteiger partial charge in [-0.1, -0.05) is 11.6 Å². The van der Waals surface area contributed by atoms with Gasteiger partial charge in [-0.2, -0.15) is 10.4 Å². The molecule has 0 spiro atoms. The Balaban J connectivity index is 1.49. The lowest BCUT2D eigenvalue weighted by molar-refractivity contribution is -0.0640. The average molecular weight is 485 g/mol. The highest BCUT2D eigenvalue weighted by Gasteiger charge is 2.43. The third-order valence-corrected chi connectivity index (χ3v) is 7.56. The first-order valence-corrected chi connectivity index (χ1v) is 11.8. The predicted octanol–water partition coefficient (Wildman–Crippen LogP) is 4.14. The maximum Gasteiger partial charge on any atom is 0.261 e. The van der Waals surface area contributed by atoms with Crippen molar-refractivity contribution in [3.63, 3.8) is 0 Å². The molecule has 1 saturated carbocycles. The molecule has 0 unspecified atom stereocenters. The highest BCUT2D eigenvalue weighted by molar-refractivity contribution is 6.30. The Bertz CT molecular complexity index is 1300. The Labute approximate surface area is 201 Å². The normalized spacial score (nSPS) is 23.5. The molecule has 0 bridgehead atoms. The minimum absolute atomic E-state index is 0.0162. The second kappa shape index (κ2) is 9.02. The quantitative estimate of drug-likeness (QED) is 0.545. The van der Waals surface area contributed by atoms with Crippen LogP contribution < -0.4 is 10.9 Å². The van der Waals surface area contributed by atoms with Crippen LogP contribution in [0.25, 0.3) is 10.9 Å². The highest BCUT2D eigenvalue weighted by atomic mass is 35.5. The number of nitrogens with one attached hydrogen (secondary N) is 2.